The largest absolute Gasteiger partial charge is 0.148 e. The van der Waals surface area contributed by atoms with Crippen molar-refractivity contribution in [1.29, 1.82) is 0 Å². The van der Waals surface area contributed by atoms with Crippen molar-refractivity contribution in [3.05, 3.63) is 0 Å². The summed E-state index contributed by atoms with van der Waals surface area (Å²) in [6, 6.07) is 0. The molecule has 4 aliphatic carbocycles. The Bertz CT molecular complexity index is 477. The number of hydrogen-bond acceptors (Lipinski definition) is 1. The van der Waals surface area contributed by atoms with Gasteiger partial charge in [-0.05, 0) is 85.9 Å². The summed E-state index contributed by atoms with van der Waals surface area (Å²) in [6.07, 6.45) is 18.1. The highest BCUT2D eigenvalue weighted by Crippen LogP contribution is 2.72. The van der Waals surface area contributed by atoms with E-state index in [1.165, 1.54) is 77.0 Å². The summed E-state index contributed by atoms with van der Waals surface area (Å²) in [5.74, 6) is 3.93. The highest BCUT2D eigenvalue weighted by atomic mass is 32.2. The second kappa shape index (κ2) is 6.95. The van der Waals surface area contributed by atoms with Crippen molar-refractivity contribution < 1.29 is 0 Å². The van der Waals surface area contributed by atoms with Crippen LogP contribution in [0.3, 0.4) is 0 Å². The zero-order chi connectivity index (χ0) is 19.5. The summed E-state index contributed by atoms with van der Waals surface area (Å²) in [5, 5.41) is 0. The quantitative estimate of drug-likeness (QED) is 0.463. The molecule has 4 rings (SSSR count). The Balaban J connectivity index is 1.54. The van der Waals surface area contributed by atoms with Gasteiger partial charge in [0.25, 0.3) is 0 Å². The minimum atomic E-state index is 0.497. The molecule has 0 saturated heterocycles. The van der Waals surface area contributed by atoms with Crippen molar-refractivity contribution in [2.24, 2.45) is 34.5 Å². The molecule has 0 nitrogen and oxygen atoms in total. The van der Waals surface area contributed by atoms with Crippen LogP contribution in [0.4, 0.5) is 0 Å². The van der Waals surface area contributed by atoms with Gasteiger partial charge in [-0.2, -0.15) is 0 Å². The normalized spacial score (nSPS) is 38.4. The predicted octanol–water partition coefficient (Wildman–Crippen LogP) is 8.49. The van der Waals surface area contributed by atoms with E-state index in [1.807, 2.05) is 0 Å². The third kappa shape index (κ3) is 4.02. The van der Waals surface area contributed by atoms with E-state index >= 15 is 0 Å². The van der Waals surface area contributed by atoms with Crippen LogP contribution in [0.25, 0.3) is 0 Å². The monoisotopic (exact) mass is 390 g/mol. The second-order valence-corrected chi connectivity index (χ2v) is 14.8. The molecule has 0 aromatic heterocycles. The van der Waals surface area contributed by atoms with E-state index in [1.54, 1.807) is 0 Å². The highest BCUT2D eigenvalue weighted by Gasteiger charge is 2.63. The average Bonchev–Trinajstić information content (AvgIpc) is 3.52. The van der Waals surface area contributed by atoms with Gasteiger partial charge in [-0.25, -0.2) is 0 Å². The second-order valence-electron chi connectivity index (χ2n) is 13.0. The van der Waals surface area contributed by atoms with E-state index < -0.39 is 0 Å². The molecule has 0 aromatic rings. The van der Waals surface area contributed by atoms with Gasteiger partial charge in [0.2, 0.25) is 0 Å². The Kier molecular flexibility index (Phi) is 5.31. The topological polar surface area (TPSA) is 0 Å². The summed E-state index contributed by atoms with van der Waals surface area (Å²) in [4.78, 5) is 0. The summed E-state index contributed by atoms with van der Waals surface area (Å²) in [6.45, 7) is 15.2. The number of hydrogen-bond donors (Lipinski definition) is 0. The minimum Gasteiger partial charge on any atom is -0.148 e. The molecule has 0 spiro atoms. The number of thioether (sulfide) groups is 1. The summed E-state index contributed by atoms with van der Waals surface area (Å²) < 4.78 is 1.35. The van der Waals surface area contributed by atoms with Gasteiger partial charge < -0.3 is 0 Å². The molecule has 0 aliphatic heterocycles. The lowest BCUT2D eigenvalue weighted by atomic mass is 9.64. The SMILES string of the molecule is CC(C)(C)C1CCCCC1C1(SC2(C3CCCCC3C(C)(C)C)CC2)CC1. The lowest BCUT2D eigenvalue weighted by Gasteiger charge is -2.48. The molecule has 4 aliphatic rings. The fourth-order valence-corrected chi connectivity index (χ4v) is 9.63. The standard InChI is InChI=1S/C26H46S/c1-23(2,3)19-11-7-9-13-21(19)25(15-16-25)27-26(17-18-26)22-14-10-8-12-20(22)24(4,5)6/h19-22H,7-18H2,1-6H3. The first-order valence-electron chi connectivity index (χ1n) is 12.3. The Hall–Kier alpha value is 0.350. The Morgan fingerprint density at radius 2 is 0.889 bits per heavy atom. The molecular formula is C26H46S. The van der Waals surface area contributed by atoms with Crippen LogP contribution in [0.2, 0.25) is 0 Å². The van der Waals surface area contributed by atoms with Crippen LogP contribution in [0.1, 0.15) is 119 Å². The highest BCUT2D eigenvalue weighted by molar-refractivity contribution is 8.02. The fourth-order valence-electron chi connectivity index (χ4n) is 7.34. The molecule has 4 atom stereocenters. The third-order valence-electron chi connectivity index (χ3n) is 9.00. The molecule has 27 heavy (non-hydrogen) atoms. The molecule has 0 bridgehead atoms. The van der Waals surface area contributed by atoms with Crippen molar-refractivity contribution in [2.45, 2.75) is 128 Å². The van der Waals surface area contributed by atoms with Gasteiger partial charge in [-0.3, -0.25) is 0 Å². The van der Waals surface area contributed by atoms with Crippen molar-refractivity contribution >= 4 is 11.8 Å². The summed E-state index contributed by atoms with van der Waals surface area (Å²) >= 11 is 2.58. The van der Waals surface area contributed by atoms with Gasteiger partial charge in [0.15, 0.2) is 0 Å². The first kappa shape index (κ1) is 20.6. The lowest BCUT2D eigenvalue weighted by molar-refractivity contribution is 0.0948. The van der Waals surface area contributed by atoms with Crippen LogP contribution in [0, 0.1) is 34.5 Å². The zero-order valence-electron chi connectivity index (χ0n) is 19.2. The maximum absolute atomic E-state index is 2.58. The van der Waals surface area contributed by atoms with Gasteiger partial charge in [-0.1, -0.05) is 67.2 Å². The molecule has 0 N–H and O–H groups in total. The molecule has 4 unspecified atom stereocenters. The summed E-state index contributed by atoms with van der Waals surface area (Å²) in [5.41, 5.74) is 0.994. The van der Waals surface area contributed by atoms with Gasteiger partial charge in [0.05, 0.1) is 0 Å². The zero-order valence-corrected chi connectivity index (χ0v) is 20.0. The molecule has 4 saturated carbocycles. The van der Waals surface area contributed by atoms with Gasteiger partial charge in [0, 0.05) is 9.49 Å². The molecule has 0 heterocycles. The van der Waals surface area contributed by atoms with E-state index in [-0.39, 0.29) is 0 Å². The molecular weight excluding hydrogens is 344 g/mol. The minimum absolute atomic E-state index is 0.497. The fraction of sp³-hybridized carbons (Fsp3) is 1.00. The smallest absolute Gasteiger partial charge is 0.0197 e. The van der Waals surface area contributed by atoms with E-state index in [2.05, 4.69) is 53.3 Å². The van der Waals surface area contributed by atoms with Gasteiger partial charge >= 0.3 is 0 Å². The predicted molar refractivity (Wildman–Crippen MR) is 121 cm³/mol. The third-order valence-corrected chi connectivity index (χ3v) is 11.2. The Morgan fingerprint density at radius 1 is 0.556 bits per heavy atom. The molecule has 0 radical (unpaired) electrons. The van der Waals surface area contributed by atoms with Crippen LogP contribution in [0.5, 0.6) is 0 Å². The Labute approximate surface area is 174 Å². The van der Waals surface area contributed by atoms with Gasteiger partial charge in [-0.15, -0.1) is 11.8 Å². The average molecular weight is 391 g/mol. The van der Waals surface area contributed by atoms with Crippen molar-refractivity contribution in [3.8, 4) is 0 Å². The van der Waals surface area contributed by atoms with Crippen LogP contribution < -0.4 is 0 Å². The van der Waals surface area contributed by atoms with E-state index in [9.17, 15) is 0 Å². The molecule has 156 valence electrons. The maximum atomic E-state index is 2.58. The van der Waals surface area contributed by atoms with E-state index in [0.29, 0.717) is 20.3 Å². The first-order valence-corrected chi connectivity index (χ1v) is 13.1. The molecule has 0 aromatic carbocycles. The Morgan fingerprint density at radius 3 is 1.19 bits per heavy atom. The molecule has 1 heteroatoms. The van der Waals surface area contributed by atoms with Crippen molar-refractivity contribution in [3.63, 3.8) is 0 Å². The van der Waals surface area contributed by atoms with Crippen LogP contribution in [0.15, 0.2) is 0 Å². The van der Waals surface area contributed by atoms with Crippen molar-refractivity contribution in [1.82, 2.24) is 0 Å². The lowest BCUT2D eigenvalue weighted by Crippen LogP contribution is -2.42. The van der Waals surface area contributed by atoms with Crippen LogP contribution in [-0.4, -0.2) is 9.49 Å². The van der Waals surface area contributed by atoms with E-state index in [4.69, 9.17) is 0 Å². The van der Waals surface area contributed by atoms with Gasteiger partial charge in [0.1, 0.15) is 0 Å². The molecule has 0 amide bonds. The van der Waals surface area contributed by atoms with Crippen LogP contribution >= 0.6 is 11.8 Å². The maximum Gasteiger partial charge on any atom is 0.0197 e. The van der Waals surface area contributed by atoms with Crippen molar-refractivity contribution in [2.75, 3.05) is 0 Å². The first-order chi connectivity index (χ1) is 12.6. The van der Waals surface area contributed by atoms with Crippen LogP contribution in [-0.2, 0) is 0 Å². The number of rotatable bonds is 4. The van der Waals surface area contributed by atoms with E-state index in [0.717, 1.165) is 23.7 Å². The summed E-state index contributed by atoms with van der Waals surface area (Å²) in [7, 11) is 0. The molecule has 4 fully saturated rings.